The molecule has 0 bridgehead atoms. The van der Waals surface area contributed by atoms with Gasteiger partial charge in [0.2, 0.25) is 0 Å². The van der Waals surface area contributed by atoms with E-state index >= 15 is 0 Å². The molecule has 0 radical (unpaired) electrons. The third-order valence-corrected chi connectivity index (χ3v) is 2.49. The summed E-state index contributed by atoms with van der Waals surface area (Å²) in [6.45, 7) is 0. The molecule has 0 aromatic carbocycles. The van der Waals surface area contributed by atoms with Crippen molar-refractivity contribution >= 4 is 28.6 Å². The lowest BCUT2D eigenvalue weighted by Gasteiger charge is -1.93. The van der Waals surface area contributed by atoms with Crippen LogP contribution in [0.25, 0.3) is 5.70 Å². The van der Waals surface area contributed by atoms with Gasteiger partial charge in [0.05, 0.1) is 21.7 Å². The highest BCUT2D eigenvalue weighted by atomic mass is 35.5. The fourth-order valence-corrected chi connectivity index (χ4v) is 1.73. The molecule has 2 N–H and O–H groups in total. The van der Waals surface area contributed by atoms with Crippen molar-refractivity contribution in [3.05, 3.63) is 27.4 Å². The maximum Gasteiger partial charge on any atom is 0.0934 e. The van der Waals surface area contributed by atoms with Crippen LogP contribution in [0.5, 0.6) is 0 Å². The van der Waals surface area contributed by atoms with E-state index in [0.717, 1.165) is 4.88 Å². The highest BCUT2D eigenvalue weighted by molar-refractivity contribution is 7.11. The van der Waals surface area contributed by atoms with E-state index in [0.29, 0.717) is 10.7 Å². The molecule has 0 aliphatic carbocycles. The summed E-state index contributed by atoms with van der Waals surface area (Å²) in [7, 11) is 0. The highest BCUT2D eigenvalue weighted by Gasteiger charge is 2.02. The average Bonchev–Trinajstić information content (AvgIpc) is 2.36. The van der Waals surface area contributed by atoms with Gasteiger partial charge in [-0.15, -0.1) is 11.3 Å². The van der Waals surface area contributed by atoms with Gasteiger partial charge in [-0.05, 0) is 11.4 Å². The Balaban J connectivity index is 3.04. The summed E-state index contributed by atoms with van der Waals surface area (Å²) in [5.41, 5.74) is 5.94. The van der Waals surface area contributed by atoms with Gasteiger partial charge in [-0.25, -0.2) is 0 Å². The second-order valence-corrected chi connectivity index (χ2v) is 3.15. The van der Waals surface area contributed by atoms with E-state index in [1.807, 2.05) is 11.4 Å². The summed E-state index contributed by atoms with van der Waals surface area (Å²) < 4.78 is 0. The van der Waals surface area contributed by atoms with Gasteiger partial charge in [-0.3, -0.25) is 0 Å². The first-order chi connectivity index (χ1) is 5.25. The first-order valence-corrected chi connectivity index (χ1v) is 4.10. The van der Waals surface area contributed by atoms with E-state index < -0.39 is 0 Å². The van der Waals surface area contributed by atoms with Gasteiger partial charge in [-0.2, -0.15) is 5.26 Å². The van der Waals surface area contributed by atoms with E-state index in [4.69, 9.17) is 22.6 Å². The summed E-state index contributed by atoms with van der Waals surface area (Å²) in [6, 6.07) is 3.59. The van der Waals surface area contributed by atoms with Crippen LogP contribution < -0.4 is 5.73 Å². The standard InChI is InChI=1S/C7H5ClN2S/c8-5-2-4-11-7(5)6(10)1-3-9/h1-2,4H,10H2/b6-1+. The quantitative estimate of drug-likeness (QED) is 0.681. The average molecular weight is 185 g/mol. The van der Waals surface area contributed by atoms with Crippen LogP contribution in [-0.4, -0.2) is 0 Å². The van der Waals surface area contributed by atoms with Crippen LogP contribution in [0.1, 0.15) is 4.88 Å². The lowest BCUT2D eigenvalue weighted by Crippen LogP contribution is -1.92. The van der Waals surface area contributed by atoms with Gasteiger partial charge in [0.25, 0.3) is 0 Å². The van der Waals surface area contributed by atoms with Gasteiger partial charge in [0, 0.05) is 6.08 Å². The first kappa shape index (κ1) is 8.12. The van der Waals surface area contributed by atoms with Crippen molar-refractivity contribution in [3.8, 4) is 6.07 Å². The minimum Gasteiger partial charge on any atom is -0.397 e. The summed E-state index contributed by atoms with van der Waals surface area (Å²) in [4.78, 5) is 0.758. The van der Waals surface area contributed by atoms with Gasteiger partial charge in [0.15, 0.2) is 0 Å². The molecule has 2 nitrogen and oxygen atoms in total. The van der Waals surface area contributed by atoms with Gasteiger partial charge >= 0.3 is 0 Å². The molecule has 0 saturated carbocycles. The third kappa shape index (κ3) is 1.73. The van der Waals surface area contributed by atoms with Crippen molar-refractivity contribution in [1.29, 1.82) is 5.26 Å². The Kier molecular flexibility index (Phi) is 2.53. The predicted molar refractivity (Wildman–Crippen MR) is 47.1 cm³/mol. The van der Waals surface area contributed by atoms with Gasteiger partial charge in [0.1, 0.15) is 0 Å². The molecule has 11 heavy (non-hydrogen) atoms. The minimum absolute atomic E-state index is 0.424. The van der Waals surface area contributed by atoms with E-state index in [2.05, 4.69) is 0 Å². The van der Waals surface area contributed by atoms with E-state index in [9.17, 15) is 0 Å². The monoisotopic (exact) mass is 184 g/mol. The molecule has 0 spiro atoms. The van der Waals surface area contributed by atoms with Crippen LogP contribution in [0.2, 0.25) is 5.02 Å². The number of allylic oxidation sites excluding steroid dienone is 1. The SMILES string of the molecule is N#C/C=C(/N)c1sccc1Cl. The molecule has 1 rings (SSSR count). The largest absolute Gasteiger partial charge is 0.397 e. The molecule has 1 aromatic heterocycles. The van der Waals surface area contributed by atoms with Crippen LogP contribution in [0.15, 0.2) is 17.5 Å². The van der Waals surface area contributed by atoms with Crippen LogP contribution in [0.4, 0.5) is 0 Å². The normalized spacial score (nSPS) is 11.1. The summed E-state index contributed by atoms with van der Waals surface area (Å²) in [6.07, 6.45) is 1.28. The molecule has 1 aromatic rings. The second-order valence-electron chi connectivity index (χ2n) is 1.83. The van der Waals surface area contributed by atoms with Crippen LogP contribution in [-0.2, 0) is 0 Å². The van der Waals surface area contributed by atoms with Crippen molar-refractivity contribution in [2.45, 2.75) is 0 Å². The summed E-state index contributed by atoms with van der Waals surface area (Å²) in [5.74, 6) is 0. The lowest BCUT2D eigenvalue weighted by atomic mass is 10.3. The predicted octanol–water partition coefficient (Wildman–Crippen LogP) is 2.22. The van der Waals surface area contributed by atoms with E-state index in [1.54, 1.807) is 6.07 Å². The van der Waals surface area contributed by atoms with E-state index in [-0.39, 0.29) is 0 Å². The number of nitrogens with two attached hydrogens (primary N) is 1. The maximum absolute atomic E-state index is 8.28. The highest BCUT2D eigenvalue weighted by Crippen LogP contribution is 2.26. The molecule has 0 saturated heterocycles. The van der Waals surface area contributed by atoms with Gasteiger partial charge in [-0.1, -0.05) is 11.6 Å². The first-order valence-electron chi connectivity index (χ1n) is 2.84. The van der Waals surface area contributed by atoms with Gasteiger partial charge < -0.3 is 5.73 Å². The zero-order valence-corrected chi connectivity index (χ0v) is 7.12. The Morgan fingerprint density at radius 1 is 1.82 bits per heavy atom. The molecule has 0 atom stereocenters. The fourth-order valence-electron chi connectivity index (χ4n) is 0.635. The molecule has 56 valence electrons. The van der Waals surface area contributed by atoms with Crippen molar-refractivity contribution in [2.24, 2.45) is 5.73 Å². The Morgan fingerprint density at radius 2 is 2.55 bits per heavy atom. The minimum atomic E-state index is 0.424. The van der Waals surface area contributed by atoms with Crippen molar-refractivity contribution in [1.82, 2.24) is 0 Å². The number of rotatable bonds is 1. The maximum atomic E-state index is 8.28. The molecule has 4 heteroatoms. The lowest BCUT2D eigenvalue weighted by molar-refractivity contribution is 1.52. The Hall–Kier alpha value is -0.980. The zero-order chi connectivity index (χ0) is 8.27. The van der Waals surface area contributed by atoms with Crippen LogP contribution >= 0.6 is 22.9 Å². The molecule has 0 unspecified atom stereocenters. The van der Waals surface area contributed by atoms with Crippen molar-refractivity contribution in [3.63, 3.8) is 0 Å². The molecule has 0 aliphatic heterocycles. The molecular formula is C7H5ClN2S. The van der Waals surface area contributed by atoms with Crippen LogP contribution in [0, 0.1) is 11.3 Å². The molecule has 0 aliphatic rings. The molecule has 1 heterocycles. The number of nitriles is 1. The summed E-state index contributed by atoms with van der Waals surface area (Å²) in [5, 5.41) is 10.7. The molecule has 0 amide bonds. The fraction of sp³-hybridized carbons (Fsp3) is 0. The Bertz CT molecular complexity index is 321. The Morgan fingerprint density at radius 3 is 3.00 bits per heavy atom. The number of hydrogen-bond donors (Lipinski definition) is 1. The zero-order valence-electron chi connectivity index (χ0n) is 5.54. The topological polar surface area (TPSA) is 49.8 Å². The number of halogens is 1. The second kappa shape index (κ2) is 3.42. The van der Waals surface area contributed by atoms with Crippen LogP contribution in [0.3, 0.4) is 0 Å². The third-order valence-electron chi connectivity index (χ3n) is 1.10. The summed E-state index contributed by atoms with van der Waals surface area (Å²) >= 11 is 7.17. The number of thiophene rings is 1. The molecule has 0 fully saturated rings. The molecular weight excluding hydrogens is 180 g/mol. The number of hydrogen-bond acceptors (Lipinski definition) is 3. The number of nitrogens with zero attached hydrogens (tertiary/aromatic N) is 1. The van der Waals surface area contributed by atoms with E-state index in [1.165, 1.54) is 17.4 Å². The Labute approximate surface area is 73.5 Å². The smallest absolute Gasteiger partial charge is 0.0934 e. The van der Waals surface area contributed by atoms with Crippen molar-refractivity contribution < 1.29 is 0 Å². The van der Waals surface area contributed by atoms with Crippen molar-refractivity contribution in [2.75, 3.05) is 0 Å².